The maximum atomic E-state index is 10.4. The molecule has 1 atom stereocenters. The molecule has 0 amide bonds. The van der Waals surface area contributed by atoms with Gasteiger partial charge in [-0.2, -0.15) is 0 Å². The van der Waals surface area contributed by atoms with Crippen LogP contribution in [-0.4, -0.2) is 18.1 Å². The molecule has 1 aliphatic heterocycles. The van der Waals surface area contributed by atoms with Crippen molar-refractivity contribution in [2.24, 2.45) is 0 Å². The zero-order valence-corrected chi connectivity index (χ0v) is 8.83. The summed E-state index contributed by atoms with van der Waals surface area (Å²) >= 11 is -0.964. The van der Waals surface area contributed by atoms with Crippen LogP contribution >= 0.6 is 0 Å². The van der Waals surface area contributed by atoms with E-state index in [2.05, 4.69) is 16.2 Å². The van der Waals surface area contributed by atoms with Crippen LogP contribution in [0, 0.1) is 0 Å². The Morgan fingerprint density at radius 2 is 2.38 bits per heavy atom. The van der Waals surface area contributed by atoms with Crippen LogP contribution in [0.3, 0.4) is 0 Å². The standard InChI is InChI=1S/C5H6GeIO/c8-6-5-3-1-2-4-7-5/h1-6H/q-1. The predicted molar refractivity (Wildman–Crippen MR) is 29.9 cm³/mol. The van der Waals surface area contributed by atoms with Gasteiger partial charge in [-0.05, 0) is 0 Å². The van der Waals surface area contributed by atoms with Gasteiger partial charge in [0, 0.05) is 0 Å². The van der Waals surface area contributed by atoms with E-state index in [1.165, 1.54) is 0 Å². The van der Waals surface area contributed by atoms with Crippen LogP contribution in [0.2, 0.25) is 0 Å². The molecular weight excluding hydrogens is 276 g/mol. The molecule has 0 saturated heterocycles. The van der Waals surface area contributed by atoms with Crippen LogP contribution in [0.1, 0.15) is 0 Å². The summed E-state index contributed by atoms with van der Waals surface area (Å²) in [6, 6.07) is 0. The van der Waals surface area contributed by atoms with Crippen molar-refractivity contribution in [1.82, 2.24) is 0 Å². The van der Waals surface area contributed by atoms with E-state index in [9.17, 15) is 3.78 Å². The van der Waals surface area contributed by atoms with Gasteiger partial charge in [-0.25, -0.2) is 0 Å². The average molecular weight is 282 g/mol. The van der Waals surface area contributed by atoms with Crippen LogP contribution in [0.4, 0.5) is 0 Å². The Labute approximate surface area is 65.2 Å². The Bertz CT molecular complexity index is 141. The number of halogens is 1. The molecule has 1 rings (SSSR count). The molecule has 0 aliphatic carbocycles. The zero-order chi connectivity index (χ0) is 5.82. The minimum absolute atomic E-state index is 0.138. The van der Waals surface area contributed by atoms with E-state index in [0.29, 0.717) is 2.76 Å². The van der Waals surface area contributed by atoms with Crippen molar-refractivity contribution >= 4 is 15.4 Å². The Morgan fingerprint density at radius 1 is 1.50 bits per heavy atom. The molecule has 0 aromatic rings. The third-order valence-corrected chi connectivity index (χ3v) is 7.49. The van der Waals surface area contributed by atoms with E-state index in [4.69, 9.17) is 0 Å². The summed E-state index contributed by atoms with van der Waals surface area (Å²) in [7, 11) is 0. The van der Waals surface area contributed by atoms with Crippen LogP contribution in [0.25, 0.3) is 0 Å². The van der Waals surface area contributed by atoms with Crippen LogP contribution in [-0.2, 0) is 3.78 Å². The van der Waals surface area contributed by atoms with E-state index in [1.807, 2.05) is 6.08 Å². The molecule has 0 N–H and O–H groups in total. The zero-order valence-electron chi connectivity index (χ0n) is 4.25. The first-order chi connectivity index (χ1) is 3.93. The topological polar surface area (TPSA) is 17.1 Å². The molecule has 0 aromatic heterocycles. The second kappa shape index (κ2) is 3.55. The van der Waals surface area contributed by atoms with Gasteiger partial charge < -0.3 is 0 Å². The van der Waals surface area contributed by atoms with E-state index in [-0.39, 0.29) is 21.2 Å². The van der Waals surface area contributed by atoms with Crippen molar-refractivity contribution in [3.8, 4) is 0 Å². The molecule has 1 nitrogen and oxygen atoms in total. The molecule has 44 valence electrons. The Kier molecular flexibility index (Phi) is 2.96. The molecule has 1 aliphatic rings. The van der Waals surface area contributed by atoms with Crippen LogP contribution < -0.4 is 21.2 Å². The Hall–Kier alpha value is 0.553. The molecule has 0 radical (unpaired) electrons. The third-order valence-electron chi connectivity index (χ3n) is 0.827. The molecule has 0 bridgehead atoms. The SMILES string of the molecule is [O]=[GeH][CH]1C=CC=C[I-]1. The second-order valence-corrected chi connectivity index (χ2v) is 9.21. The summed E-state index contributed by atoms with van der Waals surface area (Å²) in [5, 5.41) is 0. The second-order valence-electron chi connectivity index (χ2n) is 1.41. The van der Waals surface area contributed by atoms with Gasteiger partial charge in [0.05, 0.1) is 0 Å². The fraction of sp³-hybridized carbons (Fsp3) is 0.200. The fourth-order valence-electron chi connectivity index (χ4n) is 0.455. The molecule has 3 heteroatoms. The average Bonchev–Trinajstić information content (AvgIpc) is 1.90. The first kappa shape index (κ1) is 6.67. The normalized spacial score (nSPS) is 26.8. The summed E-state index contributed by atoms with van der Waals surface area (Å²) in [4.78, 5) is 0. The number of alkyl halides is 1. The third kappa shape index (κ3) is 1.81. The number of rotatable bonds is 1. The van der Waals surface area contributed by atoms with Gasteiger partial charge in [0.1, 0.15) is 0 Å². The summed E-state index contributed by atoms with van der Waals surface area (Å²) in [6.07, 6.45) is 6.14. The van der Waals surface area contributed by atoms with E-state index in [1.54, 1.807) is 0 Å². The molecule has 0 spiro atoms. The van der Waals surface area contributed by atoms with Gasteiger partial charge in [-0.1, -0.05) is 0 Å². The molecule has 8 heavy (non-hydrogen) atoms. The van der Waals surface area contributed by atoms with Gasteiger partial charge in [0.2, 0.25) is 0 Å². The van der Waals surface area contributed by atoms with Gasteiger partial charge in [0.15, 0.2) is 0 Å². The van der Waals surface area contributed by atoms with Gasteiger partial charge in [0.25, 0.3) is 0 Å². The summed E-state index contributed by atoms with van der Waals surface area (Å²) in [5.74, 6) is 0. The molecular formula is C5H6GeIO-. The van der Waals surface area contributed by atoms with Crippen molar-refractivity contribution in [2.45, 2.75) is 2.76 Å². The Morgan fingerprint density at radius 3 is 2.75 bits per heavy atom. The summed E-state index contributed by atoms with van der Waals surface area (Å²) in [6.45, 7) is 0. The van der Waals surface area contributed by atoms with E-state index >= 15 is 0 Å². The van der Waals surface area contributed by atoms with Gasteiger partial charge >= 0.3 is 65.4 Å². The first-order valence-corrected chi connectivity index (χ1v) is 7.22. The summed E-state index contributed by atoms with van der Waals surface area (Å²) < 4.78 is 13.1. The quantitative estimate of drug-likeness (QED) is 0.290. The molecule has 0 aromatic carbocycles. The van der Waals surface area contributed by atoms with Crippen molar-refractivity contribution in [2.75, 3.05) is 0 Å². The number of hydrogen-bond donors (Lipinski definition) is 0. The van der Waals surface area contributed by atoms with E-state index < -0.39 is 15.4 Å². The first-order valence-electron chi connectivity index (χ1n) is 2.34. The van der Waals surface area contributed by atoms with Gasteiger partial charge in [-0.15, -0.1) is 0 Å². The van der Waals surface area contributed by atoms with Crippen LogP contribution in [0.5, 0.6) is 0 Å². The molecule has 1 unspecified atom stereocenters. The van der Waals surface area contributed by atoms with E-state index in [0.717, 1.165) is 0 Å². The number of hydrogen-bond acceptors (Lipinski definition) is 1. The number of allylic oxidation sites excluding steroid dienone is 3. The molecule has 1 heterocycles. The summed E-state index contributed by atoms with van der Waals surface area (Å²) in [5.41, 5.74) is 0. The molecule has 0 saturated carbocycles. The molecule has 0 fully saturated rings. The maximum absolute atomic E-state index is 10.4. The minimum atomic E-state index is -1.10. The predicted octanol–water partition coefficient (Wildman–Crippen LogP) is -2.73. The van der Waals surface area contributed by atoms with Crippen LogP contribution in [0.15, 0.2) is 22.3 Å². The fourth-order valence-corrected chi connectivity index (χ4v) is 4.54. The monoisotopic (exact) mass is 283 g/mol. The van der Waals surface area contributed by atoms with Gasteiger partial charge in [-0.3, -0.25) is 0 Å². The Balaban J connectivity index is 2.51. The van der Waals surface area contributed by atoms with Crippen molar-refractivity contribution in [3.05, 3.63) is 22.3 Å². The van der Waals surface area contributed by atoms with Crippen molar-refractivity contribution in [3.63, 3.8) is 0 Å². The van der Waals surface area contributed by atoms with Crippen molar-refractivity contribution < 1.29 is 25.0 Å². The van der Waals surface area contributed by atoms with Crippen molar-refractivity contribution in [1.29, 1.82) is 0 Å².